The summed E-state index contributed by atoms with van der Waals surface area (Å²) < 4.78 is 3.83. The molecule has 1 atom stereocenters. The van der Waals surface area contributed by atoms with Crippen molar-refractivity contribution in [2.75, 3.05) is 0 Å². The second-order valence-electron chi connectivity index (χ2n) is 5.22. The van der Waals surface area contributed by atoms with Crippen molar-refractivity contribution in [1.82, 2.24) is 14.9 Å². The molecular weight excluding hydrogens is 250 g/mol. The van der Waals surface area contributed by atoms with Crippen molar-refractivity contribution < 1.29 is 9.59 Å². The van der Waals surface area contributed by atoms with Crippen molar-refractivity contribution in [3.63, 3.8) is 0 Å². The van der Waals surface area contributed by atoms with E-state index in [1.165, 1.54) is 0 Å². The Morgan fingerprint density at radius 1 is 1.39 bits per heavy atom. The third-order valence-electron chi connectivity index (χ3n) is 2.58. The maximum Gasteiger partial charge on any atom is 0.265 e. The Kier molecular flexibility index (Phi) is 4.56. The summed E-state index contributed by atoms with van der Waals surface area (Å²) in [5.74, 6) is -0.262. The van der Waals surface area contributed by atoms with Crippen molar-refractivity contribution >= 4 is 23.2 Å². The van der Waals surface area contributed by atoms with Gasteiger partial charge >= 0.3 is 0 Å². The average Bonchev–Trinajstić information content (AvgIpc) is 2.76. The number of aromatic nitrogens is 2. The van der Waals surface area contributed by atoms with Gasteiger partial charge in [-0.1, -0.05) is 32.2 Å². The molecule has 0 radical (unpaired) electrons. The summed E-state index contributed by atoms with van der Waals surface area (Å²) in [7, 11) is 0. The van der Waals surface area contributed by atoms with Gasteiger partial charge in [0.1, 0.15) is 4.88 Å². The normalized spacial score (nSPS) is 13.2. The Bertz CT molecular complexity index is 448. The lowest BCUT2D eigenvalue weighted by Gasteiger charge is -2.17. The van der Waals surface area contributed by atoms with Crippen LogP contribution in [0, 0.1) is 0 Å². The minimum atomic E-state index is -0.475. The topological polar surface area (TPSA) is 72.0 Å². The van der Waals surface area contributed by atoms with E-state index in [9.17, 15) is 9.59 Å². The molecule has 1 rings (SSSR count). The molecule has 1 N–H and O–H groups in total. The lowest BCUT2D eigenvalue weighted by Crippen LogP contribution is -2.38. The molecule has 1 aromatic heterocycles. The highest BCUT2D eigenvalue weighted by Gasteiger charge is 2.27. The second-order valence-corrected chi connectivity index (χ2v) is 5.97. The summed E-state index contributed by atoms with van der Waals surface area (Å²) in [5, 5.41) is 6.69. The Balaban J connectivity index is 2.86. The van der Waals surface area contributed by atoms with Gasteiger partial charge in [0, 0.05) is 11.8 Å². The third-order valence-corrected chi connectivity index (χ3v) is 3.31. The molecule has 0 bridgehead atoms. The number of rotatable bonds is 4. The minimum Gasteiger partial charge on any atom is -0.342 e. The first-order valence-corrected chi connectivity index (χ1v) is 6.71. The summed E-state index contributed by atoms with van der Waals surface area (Å²) in [6.45, 7) is 9.39. The third kappa shape index (κ3) is 3.35. The van der Waals surface area contributed by atoms with Gasteiger partial charge in [-0.15, -0.1) is 5.10 Å². The first-order valence-electron chi connectivity index (χ1n) is 5.93. The Morgan fingerprint density at radius 2 is 2.00 bits per heavy atom. The zero-order valence-electron chi connectivity index (χ0n) is 11.4. The van der Waals surface area contributed by atoms with Gasteiger partial charge in [-0.2, -0.15) is 0 Å². The predicted octanol–water partition coefficient (Wildman–Crippen LogP) is 1.93. The van der Waals surface area contributed by atoms with E-state index < -0.39 is 6.04 Å². The van der Waals surface area contributed by atoms with Crippen LogP contribution >= 0.6 is 11.5 Å². The van der Waals surface area contributed by atoms with Gasteiger partial charge in [0.15, 0.2) is 5.78 Å². The van der Waals surface area contributed by atoms with Crippen LogP contribution in [-0.4, -0.2) is 27.3 Å². The molecule has 0 saturated carbocycles. The maximum absolute atomic E-state index is 12.1. The predicted molar refractivity (Wildman–Crippen MR) is 70.8 cm³/mol. The minimum absolute atomic E-state index is 0.0122. The zero-order chi connectivity index (χ0) is 13.9. The lowest BCUT2D eigenvalue weighted by atomic mass is 9.91. The molecule has 0 aromatic carbocycles. The van der Waals surface area contributed by atoms with Crippen LogP contribution in [0.1, 0.15) is 56.4 Å². The van der Waals surface area contributed by atoms with Gasteiger partial charge in [0.2, 0.25) is 0 Å². The first kappa shape index (κ1) is 14.8. The fourth-order valence-electron chi connectivity index (χ4n) is 1.48. The van der Waals surface area contributed by atoms with Gasteiger partial charge in [0.25, 0.3) is 5.91 Å². The number of nitrogens with zero attached hydrogens (tertiary/aromatic N) is 2. The van der Waals surface area contributed by atoms with E-state index in [1.54, 1.807) is 13.8 Å². The molecule has 100 valence electrons. The molecular formula is C12H19N3O2S. The fraction of sp³-hybridized carbons (Fsp3) is 0.667. The van der Waals surface area contributed by atoms with Gasteiger partial charge in [-0.05, 0) is 18.5 Å². The summed E-state index contributed by atoms with van der Waals surface area (Å²) >= 11 is 1.06. The zero-order valence-corrected chi connectivity index (χ0v) is 12.2. The lowest BCUT2D eigenvalue weighted by molar-refractivity contribution is -0.120. The number of hydrogen-bond donors (Lipinski definition) is 1. The van der Waals surface area contributed by atoms with E-state index >= 15 is 0 Å². The molecule has 1 aromatic rings. The number of ketones is 1. The van der Waals surface area contributed by atoms with E-state index in [0.29, 0.717) is 17.0 Å². The standard InChI is InChI=1S/C12H19N3O2S/c1-6-8(16)7(2)13-11(17)9-10(12(3,4)5)14-15-18-9/h7H,6H2,1-5H3,(H,13,17). The highest BCUT2D eigenvalue weighted by Crippen LogP contribution is 2.25. The molecule has 6 heteroatoms. The van der Waals surface area contributed by atoms with Crippen LogP contribution in [0.15, 0.2) is 0 Å². The summed E-state index contributed by atoms with van der Waals surface area (Å²) in [4.78, 5) is 24.0. The van der Waals surface area contributed by atoms with Gasteiger partial charge < -0.3 is 5.32 Å². The number of amides is 1. The number of nitrogens with one attached hydrogen (secondary N) is 1. The number of carbonyl (C=O) groups is 2. The van der Waals surface area contributed by atoms with Crippen LogP contribution in [0.5, 0.6) is 0 Å². The molecule has 5 nitrogen and oxygen atoms in total. The molecule has 0 aliphatic rings. The Morgan fingerprint density at radius 3 is 2.50 bits per heavy atom. The van der Waals surface area contributed by atoms with Gasteiger partial charge in [-0.25, -0.2) is 0 Å². The monoisotopic (exact) mass is 269 g/mol. The second kappa shape index (κ2) is 5.56. The number of hydrogen-bond acceptors (Lipinski definition) is 5. The molecule has 0 spiro atoms. The highest BCUT2D eigenvalue weighted by molar-refractivity contribution is 7.08. The van der Waals surface area contributed by atoms with Crippen molar-refractivity contribution in [1.29, 1.82) is 0 Å². The molecule has 1 amide bonds. The summed E-state index contributed by atoms with van der Waals surface area (Å²) in [6, 6.07) is -0.475. The smallest absolute Gasteiger partial charge is 0.265 e. The van der Waals surface area contributed by atoms with Crippen LogP contribution in [0.25, 0.3) is 0 Å². The van der Waals surface area contributed by atoms with Gasteiger partial charge in [0.05, 0.1) is 11.7 Å². The SMILES string of the molecule is CCC(=O)C(C)NC(=O)c1snnc1C(C)(C)C. The highest BCUT2D eigenvalue weighted by atomic mass is 32.1. The average molecular weight is 269 g/mol. The quantitative estimate of drug-likeness (QED) is 0.906. The molecule has 18 heavy (non-hydrogen) atoms. The summed E-state index contributed by atoms with van der Waals surface area (Å²) in [5.41, 5.74) is 0.429. The van der Waals surface area contributed by atoms with Crippen LogP contribution in [0.3, 0.4) is 0 Å². The van der Waals surface area contributed by atoms with E-state index in [-0.39, 0.29) is 17.1 Å². The molecule has 0 aliphatic heterocycles. The van der Waals surface area contributed by atoms with E-state index in [4.69, 9.17) is 0 Å². The first-order chi connectivity index (χ1) is 8.27. The van der Waals surface area contributed by atoms with Crippen molar-refractivity contribution in [3.8, 4) is 0 Å². The van der Waals surface area contributed by atoms with Crippen LogP contribution in [0.4, 0.5) is 0 Å². The summed E-state index contributed by atoms with van der Waals surface area (Å²) in [6.07, 6.45) is 0.411. The molecule has 1 unspecified atom stereocenters. The number of carbonyl (C=O) groups excluding carboxylic acids is 2. The van der Waals surface area contributed by atoms with E-state index in [1.807, 2.05) is 20.8 Å². The van der Waals surface area contributed by atoms with Crippen molar-refractivity contribution in [2.24, 2.45) is 0 Å². The van der Waals surface area contributed by atoms with Crippen molar-refractivity contribution in [2.45, 2.75) is 52.5 Å². The van der Waals surface area contributed by atoms with Crippen molar-refractivity contribution in [3.05, 3.63) is 10.6 Å². The molecule has 0 fully saturated rings. The van der Waals surface area contributed by atoms with Gasteiger partial charge in [-0.3, -0.25) is 9.59 Å². The van der Waals surface area contributed by atoms with Crippen LogP contribution in [-0.2, 0) is 10.2 Å². The van der Waals surface area contributed by atoms with Crippen LogP contribution < -0.4 is 5.32 Å². The Labute approximate surface area is 111 Å². The maximum atomic E-state index is 12.1. The van der Waals surface area contributed by atoms with E-state index in [0.717, 1.165) is 11.5 Å². The fourth-order valence-corrected chi connectivity index (χ4v) is 2.26. The number of Topliss-reactive ketones (excluding diaryl/α,β-unsaturated/α-hetero) is 1. The van der Waals surface area contributed by atoms with E-state index in [2.05, 4.69) is 14.9 Å². The molecule has 1 heterocycles. The molecule has 0 aliphatic carbocycles. The molecule has 0 saturated heterocycles. The Hall–Kier alpha value is -1.30. The largest absolute Gasteiger partial charge is 0.342 e. The van der Waals surface area contributed by atoms with Crippen LogP contribution in [0.2, 0.25) is 0 Å².